The van der Waals surface area contributed by atoms with Gasteiger partial charge in [0, 0.05) is 35.9 Å². The fourth-order valence-corrected chi connectivity index (χ4v) is 3.43. The minimum atomic E-state index is -0.394. The normalized spacial score (nSPS) is 10.9. The van der Waals surface area contributed by atoms with Crippen LogP contribution < -0.4 is 15.1 Å². The first kappa shape index (κ1) is 23.1. The highest BCUT2D eigenvalue weighted by Crippen LogP contribution is 2.30. The Hall–Kier alpha value is -4.10. The van der Waals surface area contributed by atoms with Crippen LogP contribution in [0.3, 0.4) is 0 Å². The molecule has 3 aromatic carbocycles. The van der Waals surface area contributed by atoms with Gasteiger partial charge in [0.2, 0.25) is 0 Å². The molecule has 0 saturated carbocycles. The summed E-state index contributed by atoms with van der Waals surface area (Å²) in [6, 6.07) is 24.5. The number of aromatic amines is 1. The van der Waals surface area contributed by atoms with E-state index in [9.17, 15) is 4.79 Å². The topological polar surface area (TPSA) is 82.6 Å². The number of carbonyl (C=O) groups excluding carboxylic acids is 1. The molecule has 4 aromatic rings. The van der Waals surface area contributed by atoms with Crippen LogP contribution in [0.15, 0.2) is 84.0 Å². The maximum absolute atomic E-state index is 12.5. The second-order valence-electron chi connectivity index (χ2n) is 7.73. The number of amides is 1. The molecule has 4 rings (SSSR count). The quantitative estimate of drug-likeness (QED) is 0.274. The average Bonchev–Trinajstić information content (AvgIpc) is 3.34. The molecular weight excluding hydrogens is 450 g/mol. The average molecular weight is 474 g/mol. The summed E-state index contributed by atoms with van der Waals surface area (Å²) in [5.41, 5.74) is 7.00. The van der Waals surface area contributed by atoms with Crippen molar-refractivity contribution in [3.8, 4) is 17.0 Å². The summed E-state index contributed by atoms with van der Waals surface area (Å²) in [6.07, 6.45) is 1.59. The molecule has 172 valence electrons. The van der Waals surface area contributed by atoms with E-state index in [2.05, 4.69) is 20.7 Å². The molecule has 0 unspecified atom stereocenters. The van der Waals surface area contributed by atoms with Gasteiger partial charge in [0.05, 0.1) is 11.9 Å². The van der Waals surface area contributed by atoms with E-state index in [-0.39, 0.29) is 5.69 Å². The van der Waals surface area contributed by atoms with E-state index in [1.54, 1.807) is 12.3 Å². The van der Waals surface area contributed by atoms with Gasteiger partial charge >= 0.3 is 0 Å². The molecule has 1 amide bonds. The van der Waals surface area contributed by atoms with Crippen molar-refractivity contribution < 1.29 is 9.53 Å². The van der Waals surface area contributed by atoms with Crippen LogP contribution in [0.4, 0.5) is 5.69 Å². The molecule has 0 spiro atoms. The molecule has 2 N–H and O–H groups in total. The Kier molecular flexibility index (Phi) is 7.25. The van der Waals surface area contributed by atoms with E-state index in [4.69, 9.17) is 16.3 Å². The van der Waals surface area contributed by atoms with Gasteiger partial charge in [0.25, 0.3) is 5.91 Å². The number of benzene rings is 3. The molecule has 0 saturated heterocycles. The van der Waals surface area contributed by atoms with Gasteiger partial charge in [-0.05, 0) is 42.0 Å². The van der Waals surface area contributed by atoms with Crippen molar-refractivity contribution in [1.29, 1.82) is 0 Å². The Morgan fingerprint density at radius 1 is 1.09 bits per heavy atom. The third-order valence-electron chi connectivity index (χ3n) is 5.12. The summed E-state index contributed by atoms with van der Waals surface area (Å²) >= 11 is 6.23. The summed E-state index contributed by atoms with van der Waals surface area (Å²) in [5, 5.41) is 11.7. The van der Waals surface area contributed by atoms with Crippen molar-refractivity contribution >= 4 is 29.4 Å². The van der Waals surface area contributed by atoms with Crippen LogP contribution in [0.25, 0.3) is 11.3 Å². The van der Waals surface area contributed by atoms with E-state index >= 15 is 0 Å². The summed E-state index contributed by atoms with van der Waals surface area (Å²) in [6.45, 7) is 0.318. The second-order valence-corrected chi connectivity index (χ2v) is 8.14. The fourth-order valence-electron chi connectivity index (χ4n) is 3.24. The maximum atomic E-state index is 12.5. The van der Waals surface area contributed by atoms with Gasteiger partial charge in [-0.3, -0.25) is 9.89 Å². The molecule has 0 aliphatic rings. The zero-order chi connectivity index (χ0) is 23.9. The monoisotopic (exact) mass is 473 g/mol. The first-order valence-electron chi connectivity index (χ1n) is 10.6. The first-order valence-corrected chi connectivity index (χ1v) is 11.0. The molecule has 0 radical (unpaired) electrons. The number of nitrogens with one attached hydrogen (secondary N) is 2. The Bertz CT molecular complexity index is 1300. The number of aromatic nitrogens is 2. The number of hydrazone groups is 1. The smallest absolute Gasteiger partial charge is 0.289 e. The molecule has 0 aliphatic heterocycles. The minimum absolute atomic E-state index is 0.288. The largest absolute Gasteiger partial charge is 0.488 e. The summed E-state index contributed by atoms with van der Waals surface area (Å²) in [5.74, 6) is 0.245. The summed E-state index contributed by atoms with van der Waals surface area (Å²) in [7, 11) is 3.96. The summed E-state index contributed by atoms with van der Waals surface area (Å²) < 4.78 is 6.00. The minimum Gasteiger partial charge on any atom is -0.488 e. The first-order chi connectivity index (χ1) is 16.5. The molecule has 1 aromatic heterocycles. The maximum Gasteiger partial charge on any atom is 0.289 e. The van der Waals surface area contributed by atoms with Crippen molar-refractivity contribution in [2.45, 2.75) is 6.61 Å². The second kappa shape index (κ2) is 10.7. The van der Waals surface area contributed by atoms with Crippen molar-refractivity contribution in [3.63, 3.8) is 0 Å². The molecule has 8 heteroatoms. The highest BCUT2D eigenvalue weighted by molar-refractivity contribution is 6.31. The standard InChI is InChI=1S/C26H24ClN5O2/c1-32(2)20-13-11-18(12-14-20)16-28-31-26(33)24-15-23(29-30-24)21-8-4-6-10-25(21)34-17-19-7-3-5-9-22(19)27/h3-16H,17H2,1-2H3,(H,29,30)(H,31,33)/b28-16+. The number of ether oxygens (including phenoxy) is 1. The van der Waals surface area contributed by atoms with Crippen LogP contribution in [0.5, 0.6) is 5.75 Å². The molecule has 0 aliphatic carbocycles. The predicted molar refractivity (Wildman–Crippen MR) is 136 cm³/mol. The van der Waals surface area contributed by atoms with Crippen LogP contribution >= 0.6 is 11.6 Å². The Morgan fingerprint density at radius 3 is 2.59 bits per heavy atom. The number of H-pyrrole nitrogens is 1. The number of nitrogens with zero attached hydrogens (tertiary/aromatic N) is 3. The van der Waals surface area contributed by atoms with E-state index in [0.29, 0.717) is 23.1 Å². The van der Waals surface area contributed by atoms with Gasteiger partial charge in [-0.2, -0.15) is 10.2 Å². The molecule has 34 heavy (non-hydrogen) atoms. The van der Waals surface area contributed by atoms with Crippen LogP contribution in [-0.4, -0.2) is 36.4 Å². The number of halogens is 1. The third-order valence-corrected chi connectivity index (χ3v) is 5.48. The molecule has 0 atom stereocenters. The number of anilines is 1. The third kappa shape index (κ3) is 5.63. The predicted octanol–water partition coefficient (Wildman–Crippen LogP) is 5.14. The fraction of sp³-hybridized carbons (Fsp3) is 0.115. The Balaban J connectivity index is 1.42. The molecular formula is C26H24ClN5O2. The Labute approximate surface area is 203 Å². The van der Waals surface area contributed by atoms with Crippen LogP contribution in [0.1, 0.15) is 21.6 Å². The SMILES string of the molecule is CN(C)c1ccc(/C=N/NC(=O)c2cc(-c3ccccc3OCc3ccccc3Cl)n[nH]2)cc1. The van der Waals surface area contributed by atoms with Crippen LogP contribution in [0, 0.1) is 0 Å². The lowest BCUT2D eigenvalue weighted by atomic mass is 10.1. The van der Waals surface area contributed by atoms with Crippen LogP contribution in [0.2, 0.25) is 5.02 Å². The van der Waals surface area contributed by atoms with Crippen LogP contribution in [-0.2, 0) is 6.61 Å². The van der Waals surface area contributed by atoms with E-state index in [0.717, 1.165) is 22.4 Å². The number of para-hydroxylation sites is 1. The highest BCUT2D eigenvalue weighted by Gasteiger charge is 2.14. The van der Waals surface area contributed by atoms with Gasteiger partial charge in [0.1, 0.15) is 18.1 Å². The van der Waals surface area contributed by atoms with Gasteiger partial charge in [-0.1, -0.05) is 54.1 Å². The van der Waals surface area contributed by atoms with Crippen molar-refractivity contribution in [3.05, 3.63) is 101 Å². The summed E-state index contributed by atoms with van der Waals surface area (Å²) in [4.78, 5) is 14.5. The molecule has 0 fully saturated rings. The van der Waals surface area contributed by atoms with Crippen molar-refractivity contribution in [2.24, 2.45) is 5.10 Å². The zero-order valence-electron chi connectivity index (χ0n) is 18.8. The lowest BCUT2D eigenvalue weighted by Crippen LogP contribution is -2.18. The lowest BCUT2D eigenvalue weighted by Gasteiger charge is -2.11. The number of hydrogen-bond donors (Lipinski definition) is 2. The molecule has 7 nitrogen and oxygen atoms in total. The van der Waals surface area contributed by atoms with Crippen molar-refractivity contribution in [2.75, 3.05) is 19.0 Å². The highest BCUT2D eigenvalue weighted by atomic mass is 35.5. The zero-order valence-corrected chi connectivity index (χ0v) is 19.6. The number of rotatable bonds is 8. The van der Waals surface area contributed by atoms with Crippen molar-refractivity contribution in [1.82, 2.24) is 15.6 Å². The Morgan fingerprint density at radius 2 is 1.82 bits per heavy atom. The van der Waals surface area contributed by atoms with Gasteiger partial charge < -0.3 is 9.64 Å². The number of hydrogen-bond acceptors (Lipinski definition) is 5. The van der Waals surface area contributed by atoms with Gasteiger partial charge in [-0.25, -0.2) is 5.43 Å². The lowest BCUT2D eigenvalue weighted by molar-refractivity contribution is 0.0950. The van der Waals surface area contributed by atoms with Gasteiger partial charge in [-0.15, -0.1) is 0 Å². The number of carbonyl (C=O) groups is 1. The van der Waals surface area contributed by atoms with E-state index < -0.39 is 5.91 Å². The molecule has 0 bridgehead atoms. The van der Waals surface area contributed by atoms with E-state index in [1.165, 1.54) is 0 Å². The van der Waals surface area contributed by atoms with E-state index in [1.807, 2.05) is 91.8 Å². The molecule has 1 heterocycles. The van der Waals surface area contributed by atoms with Gasteiger partial charge in [0.15, 0.2) is 0 Å².